The third-order valence-electron chi connectivity index (χ3n) is 6.89. The fourth-order valence-corrected chi connectivity index (χ4v) is 5.09. The summed E-state index contributed by atoms with van der Waals surface area (Å²) in [5.74, 6) is 0.761. The quantitative estimate of drug-likeness (QED) is 0.609. The smallest absolute Gasteiger partial charge is 0.416 e. The number of piperidine rings is 1. The minimum Gasteiger partial charge on any atom is -0.497 e. The SMILES string of the molecule is COc1ccc(CC(=O)N2C[C@H](CN3CCCCC3)[C@H](c3cccc(C(F)(F)F)c3)C2)cc1. The summed E-state index contributed by atoms with van der Waals surface area (Å²) in [4.78, 5) is 17.4. The first-order valence-corrected chi connectivity index (χ1v) is 11.6. The third-order valence-corrected chi connectivity index (χ3v) is 6.89. The molecule has 2 aliphatic heterocycles. The van der Waals surface area contributed by atoms with Gasteiger partial charge in [-0.25, -0.2) is 0 Å². The molecule has 7 heteroatoms. The molecule has 2 aromatic rings. The standard InChI is InChI=1S/C26H31F3N2O2/c1-33-23-10-8-19(9-11-23)14-25(32)31-17-21(16-30-12-3-2-4-13-30)24(18-31)20-6-5-7-22(15-20)26(27,28)29/h5-11,15,21,24H,2-4,12-14,16-18H2,1H3/t21-,24-/m0/s1. The number of halogens is 3. The van der Waals surface area contributed by atoms with Gasteiger partial charge in [0.15, 0.2) is 0 Å². The molecule has 1 amide bonds. The van der Waals surface area contributed by atoms with Crippen molar-refractivity contribution in [1.29, 1.82) is 0 Å². The maximum Gasteiger partial charge on any atom is 0.416 e. The van der Waals surface area contributed by atoms with Crippen LogP contribution in [0, 0.1) is 5.92 Å². The van der Waals surface area contributed by atoms with Crippen LogP contribution in [0.3, 0.4) is 0 Å². The average Bonchev–Trinajstić information content (AvgIpc) is 3.24. The highest BCUT2D eigenvalue weighted by atomic mass is 19.4. The van der Waals surface area contributed by atoms with Crippen molar-refractivity contribution in [2.24, 2.45) is 5.92 Å². The molecule has 2 aromatic carbocycles. The zero-order chi connectivity index (χ0) is 23.4. The van der Waals surface area contributed by atoms with Crippen LogP contribution in [-0.2, 0) is 17.4 Å². The van der Waals surface area contributed by atoms with Gasteiger partial charge in [0, 0.05) is 25.6 Å². The Morgan fingerprint density at radius 1 is 1.03 bits per heavy atom. The lowest BCUT2D eigenvalue weighted by molar-refractivity contribution is -0.137. The minimum atomic E-state index is -4.37. The molecule has 0 bridgehead atoms. The Bertz CT molecular complexity index is 939. The van der Waals surface area contributed by atoms with E-state index in [-0.39, 0.29) is 24.2 Å². The summed E-state index contributed by atoms with van der Waals surface area (Å²) in [6.45, 7) is 3.88. The zero-order valence-corrected chi connectivity index (χ0v) is 19.0. The van der Waals surface area contributed by atoms with Gasteiger partial charge in [-0.3, -0.25) is 4.79 Å². The Morgan fingerprint density at radius 2 is 1.76 bits per heavy atom. The first kappa shape index (κ1) is 23.6. The van der Waals surface area contributed by atoms with Gasteiger partial charge in [-0.05, 0) is 61.2 Å². The van der Waals surface area contributed by atoms with Crippen LogP contribution in [-0.4, -0.2) is 55.5 Å². The van der Waals surface area contributed by atoms with Crippen molar-refractivity contribution in [2.75, 3.05) is 39.8 Å². The second-order valence-corrected chi connectivity index (χ2v) is 9.17. The normalized spacial score (nSPS) is 21.9. The highest BCUT2D eigenvalue weighted by Crippen LogP contribution is 2.37. The molecule has 2 heterocycles. The van der Waals surface area contributed by atoms with Crippen LogP contribution in [0.1, 0.15) is 41.9 Å². The van der Waals surface area contributed by atoms with Crippen LogP contribution in [0.4, 0.5) is 13.2 Å². The summed E-state index contributed by atoms with van der Waals surface area (Å²) >= 11 is 0. The van der Waals surface area contributed by atoms with E-state index in [1.54, 1.807) is 13.2 Å². The predicted molar refractivity (Wildman–Crippen MR) is 121 cm³/mol. The number of amides is 1. The monoisotopic (exact) mass is 460 g/mol. The Labute approximate surface area is 193 Å². The van der Waals surface area contributed by atoms with Gasteiger partial charge in [-0.1, -0.05) is 36.8 Å². The van der Waals surface area contributed by atoms with Crippen molar-refractivity contribution in [2.45, 2.75) is 37.8 Å². The molecule has 2 atom stereocenters. The number of methoxy groups -OCH3 is 1. The number of carbonyl (C=O) groups is 1. The van der Waals surface area contributed by atoms with E-state index in [1.807, 2.05) is 29.2 Å². The van der Waals surface area contributed by atoms with Gasteiger partial charge in [-0.2, -0.15) is 13.2 Å². The maximum atomic E-state index is 13.3. The van der Waals surface area contributed by atoms with Crippen molar-refractivity contribution in [3.05, 3.63) is 65.2 Å². The van der Waals surface area contributed by atoms with E-state index in [9.17, 15) is 18.0 Å². The van der Waals surface area contributed by atoms with E-state index in [0.29, 0.717) is 18.7 Å². The summed E-state index contributed by atoms with van der Waals surface area (Å²) in [5.41, 5.74) is 0.946. The lowest BCUT2D eigenvalue weighted by Gasteiger charge is -2.31. The van der Waals surface area contributed by atoms with Crippen LogP contribution in [0.25, 0.3) is 0 Å². The summed E-state index contributed by atoms with van der Waals surface area (Å²) < 4.78 is 45.2. The predicted octanol–water partition coefficient (Wildman–Crippen LogP) is 4.98. The van der Waals surface area contributed by atoms with Crippen LogP contribution >= 0.6 is 0 Å². The molecule has 0 unspecified atom stereocenters. The summed E-state index contributed by atoms with van der Waals surface area (Å²) in [7, 11) is 1.60. The number of benzene rings is 2. The van der Waals surface area contributed by atoms with Crippen molar-refractivity contribution >= 4 is 5.91 Å². The first-order valence-electron chi connectivity index (χ1n) is 11.6. The van der Waals surface area contributed by atoms with E-state index >= 15 is 0 Å². The van der Waals surface area contributed by atoms with Crippen LogP contribution in [0.5, 0.6) is 5.75 Å². The van der Waals surface area contributed by atoms with E-state index in [2.05, 4.69) is 4.90 Å². The molecule has 0 spiro atoms. The molecule has 0 aromatic heterocycles. The lowest BCUT2D eigenvalue weighted by Crippen LogP contribution is -2.37. The zero-order valence-electron chi connectivity index (χ0n) is 19.0. The van der Waals surface area contributed by atoms with Gasteiger partial charge in [0.25, 0.3) is 0 Å². The molecule has 2 saturated heterocycles. The Balaban J connectivity index is 1.52. The van der Waals surface area contributed by atoms with Gasteiger partial charge in [-0.15, -0.1) is 0 Å². The van der Waals surface area contributed by atoms with E-state index in [4.69, 9.17) is 4.74 Å². The molecule has 0 aliphatic carbocycles. The van der Waals surface area contributed by atoms with E-state index in [0.717, 1.165) is 49.9 Å². The van der Waals surface area contributed by atoms with Gasteiger partial charge >= 0.3 is 6.18 Å². The summed E-state index contributed by atoms with van der Waals surface area (Å²) in [5, 5.41) is 0. The number of hydrogen-bond donors (Lipinski definition) is 0. The van der Waals surface area contributed by atoms with E-state index < -0.39 is 11.7 Å². The minimum absolute atomic E-state index is 0.0123. The first-order chi connectivity index (χ1) is 15.8. The molecule has 4 nitrogen and oxygen atoms in total. The third kappa shape index (κ3) is 5.88. The second-order valence-electron chi connectivity index (χ2n) is 9.17. The van der Waals surface area contributed by atoms with Crippen molar-refractivity contribution in [3.63, 3.8) is 0 Å². The van der Waals surface area contributed by atoms with Gasteiger partial charge in [0.05, 0.1) is 19.1 Å². The maximum absolute atomic E-state index is 13.3. The number of likely N-dealkylation sites (tertiary alicyclic amines) is 2. The molecule has 2 fully saturated rings. The highest BCUT2D eigenvalue weighted by Gasteiger charge is 2.38. The van der Waals surface area contributed by atoms with Crippen LogP contribution < -0.4 is 4.74 Å². The highest BCUT2D eigenvalue weighted by molar-refractivity contribution is 5.79. The van der Waals surface area contributed by atoms with Crippen molar-refractivity contribution in [1.82, 2.24) is 9.80 Å². The fraction of sp³-hybridized carbons (Fsp3) is 0.500. The number of alkyl halides is 3. The van der Waals surface area contributed by atoms with Crippen LogP contribution in [0.15, 0.2) is 48.5 Å². The Kier molecular flexibility index (Phi) is 7.27. The van der Waals surface area contributed by atoms with Gasteiger partial charge in [0.2, 0.25) is 5.91 Å². The molecule has 178 valence electrons. The molecular formula is C26H31F3N2O2. The largest absolute Gasteiger partial charge is 0.497 e. The molecule has 2 aliphatic rings. The molecule has 4 rings (SSSR count). The second kappa shape index (κ2) is 10.2. The molecule has 33 heavy (non-hydrogen) atoms. The van der Waals surface area contributed by atoms with Crippen LogP contribution in [0.2, 0.25) is 0 Å². The Morgan fingerprint density at radius 3 is 2.42 bits per heavy atom. The molecule has 0 saturated carbocycles. The van der Waals surface area contributed by atoms with Crippen molar-refractivity contribution < 1.29 is 22.7 Å². The number of ether oxygens (including phenoxy) is 1. The number of rotatable bonds is 6. The summed E-state index contributed by atoms with van der Waals surface area (Å²) in [6, 6.07) is 13.1. The van der Waals surface area contributed by atoms with Gasteiger partial charge in [0.1, 0.15) is 5.75 Å². The van der Waals surface area contributed by atoms with Crippen molar-refractivity contribution in [3.8, 4) is 5.75 Å². The lowest BCUT2D eigenvalue weighted by atomic mass is 9.87. The molecular weight excluding hydrogens is 429 g/mol. The number of carbonyl (C=O) groups excluding carboxylic acids is 1. The number of nitrogens with zero attached hydrogens (tertiary/aromatic N) is 2. The topological polar surface area (TPSA) is 32.8 Å². The Hall–Kier alpha value is -2.54. The average molecular weight is 461 g/mol. The fourth-order valence-electron chi connectivity index (χ4n) is 5.09. The number of hydrogen-bond acceptors (Lipinski definition) is 3. The van der Waals surface area contributed by atoms with E-state index in [1.165, 1.54) is 18.6 Å². The summed E-state index contributed by atoms with van der Waals surface area (Å²) in [6.07, 6.45) is -0.566. The molecule has 0 N–H and O–H groups in total. The molecule has 0 radical (unpaired) electrons. The van der Waals surface area contributed by atoms with Gasteiger partial charge < -0.3 is 14.5 Å².